The van der Waals surface area contributed by atoms with Crippen molar-refractivity contribution in [2.45, 2.75) is 87.5 Å². The second-order valence-corrected chi connectivity index (χ2v) is 9.75. The van der Waals surface area contributed by atoms with Crippen molar-refractivity contribution in [3.05, 3.63) is 11.8 Å². The maximum atomic E-state index is 13.0. The van der Waals surface area contributed by atoms with Gasteiger partial charge in [-0.05, 0) is 18.8 Å². The molecule has 14 atom stereocenters. The first-order valence-electron chi connectivity index (χ1n) is 11.9. The van der Waals surface area contributed by atoms with Crippen molar-refractivity contribution in [1.29, 1.82) is 0 Å². The van der Waals surface area contributed by atoms with Crippen LogP contribution < -0.4 is 0 Å². The fraction of sp³-hybridized carbons (Fsp3) is 0.864. The number of fused-ring (bicyclic) bond motifs is 1. The topological polar surface area (TPSA) is 225 Å². The Kier molecular flexibility index (Phi) is 8.53. The zero-order valence-corrected chi connectivity index (χ0v) is 19.5. The van der Waals surface area contributed by atoms with Crippen LogP contribution in [0.3, 0.4) is 0 Å². The van der Waals surface area contributed by atoms with Crippen LogP contribution in [-0.4, -0.2) is 128 Å². The van der Waals surface area contributed by atoms with E-state index in [0.29, 0.717) is 12.8 Å². The number of aliphatic hydroxyl groups is 8. The van der Waals surface area contributed by atoms with E-state index in [1.165, 1.54) is 0 Å². The van der Waals surface area contributed by atoms with Crippen LogP contribution in [0.4, 0.5) is 0 Å². The van der Waals surface area contributed by atoms with Gasteiger partial charge in [0.1, 0.15) is 48.8 Å². The van der Waals surface area contributed by atoms with Crippen molar-refractivity contribution in [1.82, 2.24) is 0 Å². The van der Waals surface area contributed by atoms with Crippen molar-refractivity contribution in [3.8, 4) is 0 Å². The van der Waals surface area contributed by atoms with Gasteiger partial charge in [-0.25, -0.2) is 4.79 Å². The standard InChI is InChI=1S/C22H34O14/c1-7-2-3-8-9(19(31)35-21-17(29)15(27)13(25)10(4-23)33-21)6-32-20(12(7)8)36-22-18(30)16(28)14(26)11(5-24)34-22/h6-8,10-18,20-30H,2-5H2,1H3. The average Bonchev–Trinajstić information content (AvgIpc) is 3.26. The highest BCUT2D eigenvalue weighted by atomic mass is 16.8. The van der Waals surface area contributed by atoms with E-state index in [2.05, 4.69) is 0 Å². The Hall–Kier alpha value is -1.43. The van der Waals surface area contributed by atoms with E-state index in [1.54, 1.807) is 0 Å². The molecular formula is C22H34O14. The molecule has 2 saturated heterocycles. The Morgan fingerprint density at radius 3 is 1.97 bits per heavy atom. The molecule has 206 valence electrons. The van der Waals surface area contributed by atoms with E-state index >= 15 is 0 Å². The molecule has 1 saturated carbocycles. The molecule has 14 unspecified atom stereocenters. The fourth-order valence-electron chi connectivity index (χ4n) is 5.34. The normalized spacial score (nSPS) is 49.1. The first kappa shape index (κ1) is 27.6. The van der Waals surface area contributed by atoms with Crippen molar-refractivity contribution in [2.75, 3.05) is 13.2 Å². The molecule has 36 heavy (non-hydrogen) atoms. The van der Waals surface area contributed by atoms with Crippen LogP contribution in [0.2, 0.25) is 0 Å². The molecule has 4 rings (SSSR count). The van der Waals surface area contributed by atoms with Crippen LogP contribution in [0.25, 0.3) is 0 Å². The van der Waals surface area contributed by atoms with E-state index in [0.717, 1.165) is 6.26 Å². The maximum Gasteiger partial charge on any atom is 0.339 e. The summed E-state index contributed by atoms with van der Waals surface area (Å²) in [7, 11) is 0. The fourth-order valence-corrected chi connectivity index (χ4v) is 5.34. The molecule has 8 N–H and O–H groups in total. The maximum absolute atomic E-state index is 13.0. The number of aliphatic hydroxyl groups excluding tert-OH is 8. The molecule has 3 fully saturated rings. The lowest BCUT2D eigenvalue weighted by Crippen LogP contribution is -2.60. The van der Waals surface area contributed by atoms with Crippen LogP contribution >= 0.6 is 0 Å². The largest absolute Gasteiger partial charge is 0.472 e. The third-order valence-corrected chi connectivity index (χ3v) is 7.52. The Morgan fingerprint density at radius 1 is 0.833 bits per heavy atom. The molecule has 3 heterocycles. The highest BCUT2D eigenvalue weighted by molar-refractivity contribution is 5.89. The number of rotatable bonds is 6. The van der Waals surface area contributed by atoms with Crippen molar-refractivity contribution in [2.24, 2.45) is 17.8 Å². The van der Waals surface area contributed by atoms with Gasteiger partial charge in [0.15, 0.2) is 6.29 Å². The van der Waals surface area contributed by atoms with Crippen molar-refractivity contribution in [3.63, 3.8) is 0 Å². The second kappa shape index (κ2) is 11.1. The lowest BCUT2D eigenvalue weighted by molar-refractivity contribution is -0.342. The van der Waals surface area contributed by atoms with Crippen molar-refractivity contribution < 1.29 is 69.3 Å². The number of hydrogen-bond acceptors (Lipinski definition) is 14. The summed E-state index contributed by atoms with van der Waals surface area (Å²) in [6.45, 7) is 0.625. The van der Waals surface area contributed by atoms with Gasteiger partial charge >= 0.3 is 5.97 Å². The molecule has 4 aliphatic rings. The lowest BCUT2D eigenvalue weighted by Gasteiger charge is -2.43. The van der Waals surface area contributed by atoms with Gasteiger partial charge in [0.25, 0.3) is 0 Å². The molecule has 0 bridgehead atoms. The van der Waals surface area contributed by atoms with Gasteiger partial charge < -0.3 is 64.5 Å². The summed E-state index contributed by atoms with van der Waals surface area (Å²) < 4.78 is 27.4. The van der Waals surface area contributed by atoms with Crippen LogP contribution in [0, 0.1) is 17.8 Å². The second-order valence-electron chi connectivity index (χ2n) is 9.75. The Bertz CT molecular complexity index is 804. The predicted octanol–water partition coefficient (Wildman–Crippen LogP) is -3.95. The molecule has 14 nitrogen and oxygen atoms in total. The summed E-state index contributed by atoms with van der Waals surface area (Å²) in [5.41, 5.74) is 0.120. The summed E-state index contributed by atoms with van der Waals surface area (Å²) in [5.74, 6) is -1.72. The van der Waals surface area contributed by atoms with Crippen LogP contribution in [0.1, 0.15) is 19.8 Å². The highest BCUT2D eigenvalue weighted by Gasteiger charge is 2.52. The third-order valence-electron chi connectivity index (χ3n) is 7.52. The van der Waals surface area contributed by atoms with Gasteiger partial charge in [0, 0.05) is 11.8 Å². The summed E-state index contributed by atoms with van der Waals surface area (Å²) in [6.07, 6.45) is -13.9. The number of hydrogen-bond donors (Lipinski definition) is 8. The first-order chi connectivity index (χ1) is 17.1. The minimum atomic E-state index is -1.75. The lowest BCUT2D eigenvalue weighted by atomic mass is 9.83. The Balaban J connectivity index is 1.47. The minimum Gasteiger partial charge on any atom is -0.472 e. The highest BCUT2D eigenvalue weighted by Crippen LogP contribution is 2.47. The van der Waals surface area contributed by atoms with E-state index in [1.807, 2.05) is 6.92 Å². The Morgan fingerprint density at radius 2 is 1.39 bits per heavy atom. The molecule has 0 aromatic carbocycles. The number of carbonyl (C=O) groups excluding carboxylic acids is 1. The van der Waals surface area contributed by atoms with Gasteiger partial charge in [-0.3, -0.25) is 0 Å². The average molecular weight is 523 g/mol. The molecule has 0 amide bonds. The smallest absolute Gasteiger partial charge is 0.339 e. The summed E-state index contributed by atoms with van der Waals surface area (Å²) in [4.78, 5) is 13.0. The molecule has 1 aliphatic carbocycles. The van der Waals surface area contributed by atoms with E-state index < -0.39 is 98.7 Å². The summed E-state index contributed by atoms with van der Waals surface area (Å²) in [5, 5.41) is 79.1. The van der Waals surface area contributed by atoms with Gasteiger partial charge in [-0.2, -0.15) is 0 Å². The number of ether oxygens (including phenoxy) is 5. The first-order valence-corrected chi connectivity index (χ1v) is 11.9. The quantitative estimate of drug-likeness (QED) is 0.156. The van der Waals surface area contributed by atoms with E-state index in [9.17, 15) is 45.6 Å². The van der Waals surface area contributed by atoms with Gasteiger partial charge in [0.2, 0.25) is 12.6 Å². The molecular weight excluding hydrogens is 488 g/mol. The van der Waals surface area contributed by atoms with Crippen LogP contribution in [0.15, 0.2) is 11.8 Å². The summed E-state index contributed by atoms with van der Waals surface area (Å²) in [6, 6.07) is 0. The Labute approximate surface area is 206 Å². The monoisotopic (exact) mass is 522 g/mol. The molecule has 14 heteroatoms. The molecule has 0 aromatic heterocycles. The molecule has 3 aliphatic heterocycles. The van der Waals surface area contributed by atoms with E-state index in [4.69, 9.17) is 23.7 Å². The molecule has 0 radical (unpaired) electrons. The minimum absolute atomic E-state index is 0.00588. The third kappa shape index (κ3) is 5.00. The van der Waals surface area contributed by atoms with E-state index in [-0.39, 0.29) is 11.5 Å². The zero-order valence-electron chi connectivity index (χ0n) is 19.5. The van der Waals surface area contributed by atoms with Crippen LogP contribution in [0.5, 0.6) is 0 Å². The van der Waals surface area contributed by atoms with Gasteiger partial charge in [-0.15, -0.1) is 0 Å². The molecule has 0 spiro atoms. The van der Waals surface area contributed by atoms with Gasteiger partial charge in [0.05, 0.1) is 25.0 Å². The number of esters is 1. The van der Waals surface area contributed by atoms with Crippen molar-refractivity contribution >= 4 is 5.97 Å². The van der Waals surface area contributed by atoms with Gasteiger partial charge in [-0.1, -0.05) is 6.92 Å². The zero-order chi connectivity index (χ0) is 26.3. The molecule has 0 aromatic rings. The predicted molar refractivity (Wildman–Crippen MR) is 113 cm³/mol. The number of carbonyl (C=O) groups is 1. The summed E-state index contributed by atoms with van der Waals surface area (Å²) >= 11 is 0. The SMILES string of the molecule is CC1CCC2C(C(=O)OC3OC(CO)C(O)C(O)C3O)=COC(OC3OC(CO)C(O)C(O)C3O)C12. The van der Waals surface area contributed by atoms with Crippen LogP contribution in [-0.2, 0) is 28.5 Å².